The molecule has 1 aliphatic heterocycles. The van der Waals surface area contributed by atoms with Crippen LogP contribution in [0.15, 0.2) is 0 Å². The van der Waals surface area contributed by atoms with Crippen molar-refractivity contribution in [2.75, 3.05) is 46.6 Å². The zero-order valence-corrected chi connectivity index (χ0v) is 14.1. The maximum Gasteiger partial charge on any atom is 0.0615 e. The Morgan fingerprint density at radius 1 is 1.35 bits per heavy atom. The summed E-state index contributed by atoms with van der Waals surface area (Å²) in [6, 6.07) is 0.989. The summed E-state index contributed by atoms with van der Waals surface area (Å²) in [6.07, 6.45) is 2.43. The van der Waals surface area contributed by atoms with Gasteiger partial charge in [0, 0.05) is 44.3 Å². The third-order valence-electron chi connectivity index (χ3n) is 4.27. The molecule has 0 spiro atoms. The Labute approximate surface area is 125 Å². The van der Waals surface area contributed by atoms with Crippen molar-refractivity contribution in [2.24, 2.45) is 5.41 Å². The van der Waals surface area contributed by atoms with Crippen molar-refractivity contribution in [1.82, 2.24) is 10.2 Å². The number of ether oxygens (including phenoxy) is 2. The molecule has 20 heavy (non-hydrogen) atoms. The highest BCUT2D eigenvalue weighted by atomic mass is 16.5. The first-order chi connectivity index (χ1) is 9.53. The van der Waals surface area contributed by atoms with Crippen LogP contribution in [0.2, 0.25) is 0 Å². The molecular formula is C16H34N2O2. The van der Waals surface area contributed by atoms with E-state index in [2.05, 4.69) is 37.9 Å². The molecule has 0 amide bonds. The molecule has 2 unspecified atom stereocenters. The molecule has 1 fully saturated rings. The van der Waals surface area contributed by atoms with Crippen molar-refractivity contribution in [3.05, 3.63) is 0 Å². The molecule has 0 aliphatic carbocycles. The van der Waals surface area contributed by atoms with Crippen molar-refractivity contribution in [2.45, 2.75) is 52.6 Å². The van der Waals surface area contributed by atoms with E-state index in [1.165, 1.54) is 12.8 Å². The predicted octanol–water partition coefficient (Wildman–Crippen LogP) is 2.14. The van der Waals surface area contributed by atoms with E-state index >= 15 is 0 Å². The van der Waals surface area contributed by atoms with Crippen LogP contribution in [0.25, 0.3) is 0 Å². The Balaban J connectivity index is 2.66. The number of rotatable bonds is 9. The minimum atomic E-state index is 0.251. The number of likely N-dealkylation sites (N-methyl/N-ethyl adjacent to an activating group) is 1. The van der Waals surface area contributed by atoms with Crippen LogP contribution >= 0.6 is 0 Å². The van der Waals surface area contributed by atoms with Gasteiger partial charge in [0.25, 0.3) is 0 Å². The fraction of sp³-hybridized carbons (Fsp3) is 1.00. The van der Waals surface area contributed by atoms with Crippen molar-refractivity contribution >= 4 is 0 Å². The van der Waals surface area contributed by atoms with Crippen LogP contribution in [0, 0.1) is 5.41 Å². The predicted molar refractivity (Wildman–Crippen MR) is 84.2 cm³/mol. The van der Waals surface area contributed by atoms with Gasteiger partial charge in [0.1, 0.15) is 0 Å². The summed E-state index contributed by atoms with van der Waals surface area (Å²) < 4.78 is 11.1. The number of hydrogen-bond donors (Lipinski definition) is 1. The van der Waals surface area contributed by atoms with Gasteiger partial charge in [-0.1, -0.05) is 20.8 Å². The molecule has 1 rings (SSSR count). The second kappa shape index (κ2) is 8.98. The van der Waals surface area contributed by atoms with Gasteiger partial charge in [-0.2, -0.15) is 0 Å². The summed E-state index contributed by atoms with van der Waals surface area (Å²) in [7, 11) is 1.78. The highest BCUT2D eigenvalue weighted by Crippen LogP contribution is 2.30. The van der Waals surface area contributed by atoms with Gasteiger partial charge in [-0.15, -0.1) is 0 Å². The van der Waals surface area contributed by atoms with Crippen molar-refractivity contribution in [3.8, 4) is 0 Å². The first kappa shape index (κ1) is 17.9. The molecule has 1 aliphatic rings. The molecule has 0 aromatic carbocycles. The maximum absolute atomic E-state index is 5.80. The molecule has 0 radical (unpaired) electrons. The lowest BCUT2D eigenvalue weighted by atomic mass is 9.81. The lowest BCUT2D eigenvalue weighted by molar-refractivity contribution is -0.0369. The largest absolute Gasteiger partial charge is 0.383 e. The molecule has 2 atom stereocenters. The van der Waals surface area contributed by atoms with Gasteiger partial charge in [-0.3, -0.25) is 4.90 Å². The molecule has 0 aromatic rings. The summed E-state index contributed by atoms with van der Waals surface area (Å²) in [4.78, 5) is 2.53. The minimum absolute atomic E-state index is 0.251. The van der Waals surface area contributed by atoms with E-state index in [4.69, 9.17) is 9.47 Å². The van der Waals surface area contributed by atoms with Crippen molar-refractivity contribution < 1.29 is 9.47 Å². The van der Waals surface area contributed by atoms with Crippen LogP contribution in [-0.4, -0.2) is 63.5 Å². The Kier molecular flexibility index (Phi) is 8.03. The molecule has 4 nitrogen and oxygen atoms in total. The Bertz CT molecular complexity index is 253. The van der Waals surface area contributed by atoms with Crippen LogP contribution in [-0.2, 0) is 9.47 Å². The smallest absolute Gasteiger partial charge is 0.0615 e. The van der Waals surface area contributed by atoms with Gasteiger partial charge < -0.3 is 14.8 Å². The first-order valence-electron chi connectivity index (χ1n) is 8.07. The van der Waals surface area contributed by atoms with Gasteiger partial charge in [-0.05, 0) is 26.3 Å². The summed E-state index contributed by atoms with van der Waals surface area (Å²) in [5.41, 5.74) is 0.251. The topological polar surface area (TPSA) is 33.7 Å². The van der Waals surface area contributed by atoms with Crippen molar-refractivity contribution in [1.29, 1.82) is 0 Å². The highest BCUT2D eigenvalue weighted by molar-refractivity contribution is 4.88. The fourth-order valence-electron chi connectivity index (χ4n) is 3.01. The SMILES string of the molecule is CCN(CC1(CNC(C)C)CCCOC1)C(C)COC. The molecule has 0 aromatic heterocycles. The molecule has 1 heterocycles. The highest BCUT2D eigenvalue weighted by Gasteiger charge is 2.35. The normalized spacial score (nSPS) is 25.4. The molecule has 4 heteroatoms. The van der Waals surface area contributed by atoms with E-state index in [0.717, 1.165) is 39.5 Å². The minimum Gasteiger partial charge on any atom is -0.383 e. The van der Waals surface area contributed by atoms with Crippen LogP contribution < -0.4 is 5.32 Å². The average molecular weight is 286 g/mol. The van der Waals surface area contributed by atoms with E-state index in [1.54, 1.807) is 7.11 Å². The third kappa shape index (κ3) is 5.68. The second-order valence-electron chi connectivity index (χ2n) is 6.56. The zero-order chi connectivity index (χ0) is 15.0. The maximum atomic E-state index is 5.80. The standard InChI is InChI=1S/C16H34N2O2/c1-6-18(15(4)10-19-5)12-16(11-17-14(2)3)8-7-9-20-13-16/h14-15,17H,6-13H2,1-5H3. The molecule has 1 N–H and O–H groups in total. The van der Waals surface area contributed by atoms with Gasteiger partial charge >= 0.3 is 0 Å². The first-order valence-corrected chi connectivity index (χ1v) is 8.07. The lowest BCUT2D eigenvalue weighted by Gasteiger charge is -2.43. The molecule has 120 valence electrons. The van der Waals surface area contributed by atoms with Gasteiger partial charge in [0.15, 0.2) is 0 Å². The summed E-state index contributed by atoms with van der Waals surface area (Å²) in [5, 5.41) is 3.62. The summed E-state index contributed by atoms with van der Waals surface area (Å²) in [6.45, 7) is 14.7. The number of nitrogens with zero attached hydrogens (tertiary/aromatic N) is 1. The van der Waals surface area contributed by atoms with E-state index in [-0.39, 0.29) is 5.41 Å². The van der Waals surface area contributed by atoms with Crippen LogP contribution in [0.3, 0.4) is 0 Å². The molecule has 1 saturated heterocycles. The molecule has 0 bridgehead atoms. The molecule has 0 saturated carbocycles. The van der Waals surface area contributed by atoms with E-state index in [9.17, 15) is 0 Å². The Morgan fingerprint density at radius 3 is 2.60 bits per heavy atom. The summed E-state index contributed by atoms with van der Waals surface area (Å²) in [5.74, 6) is 0. The van der Waals surface area contributed by atoms with Crippen LogP contribution in [0.5, 0.6) is 0 Å². The number of nitrogens with one attached hydrogen (secondary N) is 1. The number of hydrogen-bond acceptors (Lipinski definition) is 4. The van der Waals surface area contributed by atoms with E-state index < -0.39 is 0 Å². The second-order valence-corrected chi connectivity index (χ2v) is 6.56. The number of methoxy groups -OCH3 is 1. The van der Waals surface area contributed by atoms with Crippen molar-refractivity contribution in [3.63, 3.8) is 0 Å². The van der Waals surface area contributed by atoms with Gasteiger partial charge in [-0.25, -0.2) is 0 Å². The van der Waals surface area contributed by atoms with Crippen LogP contribution in [0.1, 0.15) is 40.5 Å². The quantitative estimate of drug-likeness (QED) is 0.704. The van der Waals surface area contributed by atoms with Gasteiger partial charge in [0.2, 0.25) is 0 Å². The van der Waals surface area contributed by atoms with Gasteiger partial charge in [0.05, 0.1) is 13.2 Å². The van der Waals surface area contributed by atoms with E-state index in [0.29, 0.717) is 12.1 Å². The third-order valence-corrected chi connectivity index (χ3v) is 4.27. The monoisotopic (exact) mass is 286 g/mol. The average Bonchev–Trinajstić information content (AvgIpc) is 2.44. The van der Waals surface area contributed by atoms with Crippen LogP contribution in [0.4, 0.5) is 0 Å². The summed E-state index contributed by atoms with van der Waals surface area (Å²) >= 11 is 0. The van der Waals surface area contributed by atoms with E-state index in [1.807, 2.05) is 0 Å². The molecular weight excluding hydrogens is 252 g/mol. The Morgan fingerprint density at radius 2 is 2.10 bits per heavy atom. The lowest BCUT2D eigenvalue weighted by Crippen LogP contribution is -2.52. The Hall–Kier alpha value is -0.160. The zero-order valence-electron chi connectivity index (χ0n) is 14.1. The fourth-order valence-corrected chi connectivity index (χ4v) is 3.01.